The van der Waals surface area contributed by atoms with Gasteiger partial charge in [0.25, 0.3) is 0 Å². The van der Waals surface area contributed by atoms with Crippen molar-refractivity contribution in [1.82, 2.24) is 0 Å². The Morgan fingerprint density at radius 3 is 2.00 bits per heavy atom. The Balaban J connectivity index is 0.000000392. The largest absolute Gasteiger partial charge is 2.00 e. The molecule has 0 radical (unpaired) electrons. The van der Waals surface area contributed by atoms with Crippen LogP contribution in [0.1, 0.15) is 17.5 Å². The first-order valence-electron chi connectivity index (χ1n) is 6.86. The molecule has 0 unspecified atom stereocenters. The van der Waals surface area contributed by atoms with Crippen LogP contribution in [0, 0.1) is 6.92 Å². The summed E-state index contributed by atoms with van der Waals surface area (Å²) in [6, 6.07) is 18.4. The van der Waals surface area contributed by atoms with Crippen molar-refractivity contribution in [1.29, 1.82) is 0 Å². The summed E-state index contributed by atoms with van der Waals surface area (Å²) in [6.07, 6.45) is 2.65. The molecular weight excluding hydrogens is 288 g/mol. The fourth-order valence-corrected chi connectivity index (χ4v) is 3.11. The molecule has 0 bridgehead atoms. The van der Waals surface area contributed by atoms with Crippen molar-refractivity contribution in [2.75, 3.05) is 0 Å². The standard InChI is InChI=1S/C11H19Si.C6H7.Fe/c1-12(2,3)10-6-9-11-7-4-5-8-11;1-6-4-2-3-5-6;/h4-5,7-8H,6,9-10H2,1-3H3;2-5H,1H3;/q2*-1;+2. The van der Waals surface area contributed by atoms with Crippen LogP contribution in [-0.2, 0) is 23.5 Å². The Labute approximate surface area is 130 Å². The minimum Gasteiger partial charge on any atom is -0.213 e. The van der Waals surface area contributed by atoms with Crippen molar-refractivity contribution in [2.24, 2.45) is 0 Å². The van der Waals surface area contributed by atoms with Gasteiger partial charge in [0, 0.05) is 8.07 Å². The maximum absolute atomic E-state index is 2.44. The molecule has 0 fully saturated rings. The van der Waals surface area contributed by atoms with Crippen LogP contribution in [0.15, 0.2) is 48.5 Å². The molecule has 0 saturated heterocycles. The monoisotopic (exact) mass is 314 g/mol. The predicted molar refractivity (Wildman–Crippen MR) is 85.3 cm³/mol. The SMILES string of the molecule is C[Si](C)(C)CCCc1ccc[cH-]1.Cc1ccc[cH-]1.[Fe+2]. The third-order valence-electron chi connectivity index (χ3n) is 2.95. The van der Waals surface area contributed by atoms with E-state index in [0.717, 1.165) is 0 Å². The Morgan fingerprint density at radius 2 is 1.63 bits per heavy atom. The van der Waals surface area contributed by atoms with E-state index in [1.165, 1.54) is 30.0 Å². The molecule has 2 rings (SSSR count). The Kier molecular flexibility index (Phi) is 9.08. The van der Waals surface area contributed by atoms with E-state index in [2.05, 4.69) is 63.0 Å². The van der Waals surface area contributed by atoms with Crippen LogP contribution in [0.5, 0.6) is 0 Å². The van der Waals surface area contributed by atoms with Crippen LogP contribution in [0.3, 0.4) is 0 Å². The van der Waals surface area contributed by atoms with Crippen molar-refractivity contribution < 1.29 is 17.1 Å². The zero-order valence-corrected chi connectivity index (χ0v) is 14.7. The Hall–Kier alpha value is -0.564. The third kappa shape index (κ3) is 9.95. The summed E-state index contributed by atoms with van der Waals surface area (Å²) in [4.78, 5) is 0. The molecule has 0 aromatic heterocycles. The summed E-state index contributed by atoms with van der Waals surface area (Å²) in [5, 5.41) is 0. The second-order valence-electron chi connectivity index (χ2n) is 6.17. The summed E-state index contributed by atoms with van der Waals surface area (Å²) in [5.74, 6) is 0. The second kappa shape index (κ2) is 9.36. The van der Waals surface area contributed by atoms with Crippen LogP contribution < -0.4 is 0 Å². The minimum atomic E-state index is -0.791. The van der Waals surface area contributed by atoms with Gasteiger partial charge in [0.05, 0.1) is 0 Å². The van der Waals surface area contributed by atoms with Crippen molar-refractivity contribution in [3.63, 3.8) is 0 Å². The summed E-state index contributed by atoms with van der Waals surface area (Å²) < 4.78 is 0. The van der Waals surface area contributed by atoms with Gasteiger partial charge in [-0.2, -0.15) is 35.4 Å². The molecule has 2 aromatic carbocycles. The zero-order valence-electron chi connectivity index (χ0n) is 12.6. The molecular formula is C17H26FeSi. The average Bonchev–Trinajstić information content (AvgIpc) is 2.90. The van der Waals surface area contributed by atoms with E-state index in [9.17, 15) is 0 Å². The molecule has 0 aliphatic heterocycles. The van der Waals surface area contributed by atoms with Gasteiger partial charge in [0.1, 0.15) is 0 Å². The smallest absolute Gasteiger partial charge is 0.213 e. The molecule has 0 aliphatic carbocycles. The van der Waals surface area contributed by atoms with Crippen LogP contribution in [0.25, 0.3) is 0 Å². The molecule has 0 aliphatic rings. The van der Waals surface area contributed by atoms with Gasteiger partial charge in [0.2, 0.25) is 0 Å². The van der Waals surface area contributed by atoms with Gasteiger partial charge in [0.15, 0.2) is 0 Å². The van der Waals surface area contributed by atoms with E-state index in [0.29, 0.717) is 0 Å². The summed E-state index contributed by atoms with van der Waals surface area (Å²) in [5.41, 5.74) is 2.85. The van der Waals surface area contributed by atoms with E-state index in [1.807, 2.05) is 12.1 Å². The molecule has 0 heterocycles. The van der Waals surface area contributed by atoms with Gasteiger partial charge < -0.3 is 0 Å². The van der Waals surface area contributed by atoms with Crippen molar-refractivity contribution in [2.45, 2.75) is 45.5 Å². The quantitative estimate of drug-likeness (QED) is 0.524. The molecule has 2 heteroatoms. The van der Waals surface area contributed by atoms with Gasteiger partial charge in [-0.1, -0.05) is 45.5 Å². The topological polar surface area (TPSA) is 0 Å². The van der Waals surface area contributed by atoms with Crippen molar-refractivity contribution in [3.05, 3.63) is 59.7 Å². The molecule has 0 saturated carbocycles. The number of hydrogen-bond donors (Lipinski definition) is 0. The third-order valence-corrected chi connectivity index (χ3v) is 4.81. The van der Waals surface area contributed by atoms with E-state index < -0.39 is 8.07 Å². The molecule has 0 nitrogen and oxygen atoms in total. The van der Waals surface area contributed by atoms with E-state index in [4.69, 9.17) is 0 Å². The summed E-state index contributed by atoms with van der Waals surface area (Å²) in [6.45, 7) is 9.41. The molecule has 0 N–H and O–H groups in total. The minimum absolute atomic E-state index is 0. The van der Waals surface area contributed by atoms with Gasteiger partial charge in [-0.05, 0) is 0 Å². The van der Waals surface area contributed by atoms with Crippen molar-refractivity contribution in [3.8, 4) is 0 Å². The van der Waals surface area contributed by atoms with E-state index in [1.54, 1.807) is 0 Å². The Bertz CT molecular complexity index is 393. The second-order valence-corrected chi connectivity index (χ2v) is 11.8. The number of aryl methyl sites for hydroxylation is 2. The van der Waals surface area contributed by atoms with Gasteiger partial charge >= 0.3 is 17.1 Å². The molecule has 0 spiro atoms. The van der Waals surface area contributed by atoms with Crippen LogP contribution in [0.4, 0.5) is 0 Å². The molecule has 106 valence electrons. The Morgan fingerprint density at radius 1 is 1.00 bits per heavy atom. The summed E-state index contributed by atoms with van der Waals surface area (Å²) >= 11 is 0. The van der Waals surface area contributed by atoms with Gasteiger partial charge in [-0.3, -0.25) is 0 Å². The average molecular weight is 314 g/mol. The fourth-order valence-electron chi connectivity index (χ4n) is 1.87. The molecule has 2 aromatic rings. The van der Waals surface area contributed by atoms with E-state index >= 15 is 0 Å². The van der Waals surface area contributed by atoms with Crippen molar-refractivity contribution >= 4 is 8.07 Å². The fraction of sp³-hybridized carbons (Fsp3) is 0.412. The maximum Gasteiger partial charge on any atom is 2.00 e. The number of hydrogen-bond acceptors (Lipinski definition) is 0. The molecule has 0 amide bonds. The van der Waals surface area contributed by atoms with Gasteiger partial charge in [-0.25, -0.2) is 24.3 Å². The maximum atomic E-state index is 2.44. The van der Waals surface area contributed by atoms with Crippen LogP contribution in [-0.4, -0.2) is 8.07 Å². The first kappa shape index (κ1) is 18.4. The van der Waals surface area contributed by atoms with Gasteiger partial charge in [-0.15, -0.1) is 0 Å². The molecule has 0 atom stereocenters. The normalized spacial score (nSPS) is 10.3. The predicted octanol–water partition coefficient (Wildman–Crippen LogP) is 5.39. The zero-order chi connectivity index (χ0) is 13.4. The molecule has 19 heavy (non-hydrogen) atoms. The van der Waals surface area contributed by atoms with Crippen LogP contribution >= 0.6 is 0 Å². The first-order valence-corrected chi connectivity index (χ1v) is 10.6. The number of rotatable bonds is 4. The first-order chi connectivity index (χ1) is 8.47. The summed E-state index contributed by atoms with van der Waals surface area (Å²) in [7, 11) is -0.791. The van der Waals surface area contributed by atoms with E-state index in [-0.39, 0.29) is 17.1 Å². The van der Waals surface area contributed by atoms with Crippen LogP contribution in [0.2, 0.25) is 25.7 Å².